The van der Waals surface area contributed by atoms with Gasteiger partial charge in [-0.1, -0.05) is 49.4 Å². The van der Waals surface area contributed by atoms with Crippen molar-refractivity contribution in [3.05, 3.63) is 89.4 Å². The summed E-state index contributed by atoms with van der Waals surface area (Å²) in [7, 11) is 0. The number of hydrogen-bond acceptors (Lipinski definition) is 5. The quantitative estimate of drug-likeness (QED) is 0.441. The molecule has 178 valence electrons. The van der Waals surface area contributed by atoms with Gasteiger partial charge < -0.3 is 20.5 Å². The lowest BCUT2D eigenvalue weighted by Crippen LogP contribution is -2.44. The van der Waals surface area contributed by atoms with Crippen LogP contribution in [0.5, 0.6) is 5.88 Å². The van der Waals surface area contributed by atoms with Gasteiger partial charge in [-0.05, 0) is 49.1 Å². The molecule has 0 saturated heterocycles. The van der Waals surface area contributed by atoms with Crippen LogP contribution < -0.4 is 15.4 Å². The third kappa shape index (κ3) is 4.89. The molecule has 3 atom stereocenters. The Labute approximate surface area is 199 Å². The summed E-state index contributed by atoms with van der Waals surface area (Å²) in [4.78, 5) is 16.0. The predicted molar refractivity (Wildman–Crippen MR) is 130 cm³/mol. The number of anilines is 1. The molecule has 1 unspecified atom stereocenters. The van der Waals surface area contributed by atoms with Gasteiger partial charge in [0.1, 0.15) is 11.9 Å². The maximum atomic E-state index is 14.8. The van der Waals surface area contributed by atoms with Crippen molar-refractivity contribution in [2.45, 2.75) is 44.2 Å². The Morgan fingerprint density at radius 3 is 2.79 bits per heavy atom. The van der Waals surface area contributed by atoms with Crippen molar-refractivity contribution in [1.29, 1.82) is 0 Å². The number of halogens is 1. The summed E-state index contributed by atoms with van der Waals surface area (Å²) in [6.45, 7) is 6.51. The maximum Gasteiger partial charge on any atom is 0.313 e. The molecule has 34 heavy (non-hydrogen) atoms. The van der Waals surface area contributed by atoms with E-state index in [0.717, 1.165) is 16.8 Å². The molecule has 1 aliphatic heterocycles. The highest BCUT2D eigenvalue weighted by Crippen LogP contribution is 2.32. The molecule has 2 aromatic carbocycles. The second kappa shape index (κ2) is 9.81. The van der Waals surface area contributed by atoms with Crippen LogP contribution in [0.15, 0.2) is 66.9 Å². The Kier molecular flexibility index (Phi) is 6.84. The van der Waals surface area contributed by atoms with Crippen LogP contribution in [0.25, 0.3) is 0 Å². The van der Waals surface area contributed by atoms with E-state index in [2.05, 4.69) is 22.5 Å². The van der Waals surface area contributed by atoms with Gasteiger partial charge >= 0.3 is 5.97 Å². The van der Waals surface area contributed by atoms with Crippen LogP contribution in [0.1, 0.15) is 49.4 Å². The number of carboxylic acids is 1. The Balaban J connectivity index is 1.55. The fraction of sp³-hybridized carbons (Fsp3) is 0.333. The first-order valence-corrected chi connectivity index (χ1v) is 11.4. The molecular weight excluding hydrogens is 433 g/mol. The molecule has 1 aliphatic rings. The van der Waals surface area contributed by atoms with Crippen LogP contribution in [0, 0.1) is 5.82 Å². The summed E-state index contributed by atoms with van der Waals surface area (Å²) in [5, 5.41) is 16.4. The lowest BCUT2D eigenvalue weighted by molar-refractivity contribution is -0.142. The Morgan fingerprint density at radius 2 is 2.03 bits per heavy atom. The van der Waals surface area contributed by atoms with Gasteiger partial charge in [-0.2, -0.15) is 0 Å². The topological polar surface area (TPSA) is 83.5 Å². The van der Waals surface area contributed by atoms with Crippen molar-refractivity contribution < 1.29 is 19.0 Å². The van der Waals surface area contributed by atoms with Gasteiger partial charge in [0.25, 0.3) is 0 Å². The molecule has 2 heterocycles. The minimum atomic E-state index is -0.985. The molecule has 0 aliphatic carbocycles. The average Bonchev–Trinajstić information content (AvgIpc) is 2.85. The van der Waals surface area contributed by atoms with Crippen LogP contribution in [-0.2, 0) is 10.2 Å². The van der Waals surface area contributed by atoms with Crippen LogP contribution in [-0.4, -0.2) is 35.3 Å². The van der Waals surface area contributed by atoms with Crippen LogP contribution in [0.3, 0.4) is 0 Å². The van der Waals surface area contributed by atoms with Crippen molar-refractivity contribution in [3.63, 3.8) is 0 Å². The molecule has 7 heteroatoms. The number of pyridine rings is 1. The van der Waals surface area contributed by atoms with E-state index in [9.17, 15) is 14.3 Å². The number of hydrogen-bond donors (Lipinski definition) is 3. The zero-order valence-corrected chi connectivity index (χ0v) is 19.6. The lowest BCUT2D eigenvalue weighted by Gasteiger charge is -2.34. The molecule has 0 spiro atoms. The first-order valence-electron chi connectivity index (χ1n) is 11.4. The fourth-order valence-electron chi connectivity index (χ4n) is 4.15. The minimum absolute atomic E-state index is 0.0563. The number of aliphatic carboxylic acids is 1. The normalized spacial score (nSPS) is 17.1. The molecule has 6 nitrogen and oxygen atoms in total. The Morgan fingerprint density at radius 1 is 1.24 bits per heavy atom. The number of carboxylic acid groups (broad SMARTS) is 1. The summed E-state index contributed by atoms with van der Waals surface area (Å²) in [5.41, 5.74) is 2.12. The number of nitrogens with zero attached hydrogens (tertiary/aromatic N) is 1. The van der Waals surface area contributed by atoms with Gasteiger partial charge in [0.05, 0.1) is 23.7 Å². The highest BCUT2D eigenvalue weighted by molar-refractivity contribution is 5.80. The zero-order valence-electron chi connectivity index (χ0n) is 19.6. The standard InChI is InChI=1S/C27H30FN3O3/c1-17(18-8-6-9-19(14-18)27(2,3)26(32)33)15-31-24(20-10-4-5-11-21(20)28)23-16-30-22-12-7-13-29-25(22)34-23/h4-14,17,23-24,30-31H,15-16H2,1-3H3,(H,32,33)/t17?,23-,24-/m1/s1. The Bertz CT molecular complexity index is 1170. The average molecular weight is 464 g/mol. The molecule has 0 fully saturated rings. The largest absolute Gasteiger partial charge is 0.481 e. The van der Waals surface area contributed by atoms with E-state index in [1.807, 2.05) is 42.5 Å². The van der Waals surface area contributed by atoms with Gasteiger partial charge in [-0.3, -0.25) is 4.79 Å². The summed E-state index contributed by atoms with van der Waals surface area (Å²) >= 11 is 0. The molecule has 0 radical (unpaired) electrons. The highest BCUT2D eigenvalue weighted by atomic mass is 19.1. The van der Waals surface area contributed by atoms with Crippen LogP contribution in [0.4, 0.5) is 10.1 Å². The van der Waals surface area contributed by atoms with Gasteiger partial charge in [0, 0.05) is 18.3 Å². The van der Waals surface area contributed by atoms with E-state index in [-0.39, 0.29) is 17.8 Å². The van der Waals surface area contributed by atoms with Crippen molar-refractivity contribution >= 4 is 11.7 Å². The first-order chi connectivity index (χ1) is 16.3. The second-order valence-corrected chi connectivity index (χ2v) is 9.26. The predicted octanol–water partition coefficient (Wildman–Crippen LogP) is 4.89. The van der Waals surface area contributed by atoms with Crippen molar-refractivity contribution in [3.8, 4) is 5.88 Å². The number of fused-ring (bicyclic) bond motifs is 1. The van der Waals surface area contributed by atoms with E-state index in [0.29, 0.717) is 24.5 Å². The SMILES string of the molecule is CC(CN[C@H](c1ccccc1F)[C@H]1CNc2cccnc2O1)c1cccc(C(C)(C)C(=O)O)c1. The molecule has 3 aromatic rings. The fourth-order valence-corrected chi connectivity index (χ4v) is 4.15. The van der Waals surface area contributed by atoms with Gasteiger partial charge in [-0.15, -0.1) is 0 Å². The number of aromatic nitrogens is 1. The smallest absolute Gasteiger partial charge is 0.313 e. The number of rotatable bonds is 8. The second-order valence-electron chi connectivity index (χ2n) is 9.26. The number of carbonyl (C=O) groups is 1. The van der Waals surface area contributed by atoms with Gasteiger partial charge in [-0.25, -0.2) is 9.37 Å². The van der Waals surface area contributed by atoms with Crippen LogP contribution in [0.2, 0.25) is 0 Å². The van der Waals surface area contributed by atoms with Crippen molar-refractivity contribution in [2.24, 2.45) is 0 Å². The van der Waals surface area contributed by atoms with E-state index in [4.69, 9.17) is 4.74 Å². The number of benzene rings is 2. The highest BCUT2D eigenvalue weighted by Gasteiger charge is 2.32. The van der Waals surface area contributed by atoms with Crippen LogP contribution >= 0.6 is 0 Å². The third-order valence-corrected chi connectivity index (χ3v) is 6.50. The molecule has 4 rings (SSSR count). The molecule has 0 saturated carbocycles. The molecule has 0 bridgehead atoms. The summed E-state index contributed by atoms with van der Waals surface area (Å²) in [5.74, 6) is -0.613. The Hall–Kier alpha value is -3.45. The molecular formula is C27H30FN3O3. The van der Waals surface area contributed by atoms with Crippen molar-refractivity contribution in [1.82, 2.24) is 10.3 Å². The number of ether oxygens (including phenoxy) is 1. The molecule has 3 N–H and O–H groups in total. The summed E-state index contributed by atoms with van der Waals surface area (Å²) in [6.07, 6.45) is 1.30. The maximum absolute atomic E-state index is 14.8. The zero-order chi connectivity index (χ0) is 24.3. The van der Waals surface area contributed by atoms with Gasteiger partial charge in [0.2, 0.25) is 5.88 Å². The molecule has 1 aromatic heterocycles. The summed E-state index contributed by atoms with van der Waals surface area (Å²) in [6, 6.07) is 17.7. The number of nitrogens with one attached hydrogen (secondary N) is 2. The summed E-state index contributed by atoms with van der Waals surface area (Å²) < 4.78 is 21.0. The van der Waals surface area contributed by atoms with Crippen molar-refractivity contribution in [2.75, 3.05) is 18.4 Å². The minimum Gasteiger partial charge on any atom is -0.481 e. The van der Waals surface area contributed by atoms with E-state index < -0.39 is 17.4 Å². The van der Waals surface area contributed by atoms with E-state index in [1.165, 1.54) is 6.07 Å². The van der Waals surface area contributed by atoms with E-state index >= 15 is 0 Å². The molecule has 0 amide bonds. The first kappa shape index (κ1) is 23.7. The van der Waals surface area contributed by atoms with E-state index in [1.54, 1.807) is 32.2 Å². The lowest BCUT2D eigenvalue weighted by atomic mass is 9.83. The monoisotopic (exact) mass is 463 g/mol. The third-order valence-electron chi connectivity index (χ3n) is 6.50. The van der Waals surface area contributed by atoms with Gasteiger partial charge in [0.15, 0.2) is 0 Å².